The van der Waals surface area contributed by atoms with Gasteiger partial charge in [-0.1, -0.05) is 18.8 Å². The molecule has 0 saturated carbocycles. The maximum Gasteiger partial charge on any atom is 0.273 e. The van der Waals surface area contributed by atoms with Gasteiger partial charge in [0.15, 0.2) is 0 Å². The van der Waals surface area contributed by atoms with E-state index >= 15 is 0 Å². The minimum atomic E-state index is -0.251. The predicted molar refractivity (Wildman–Crippen MR) is 104 cm³/mol. The number of aliphatic imine (C=N–C) groups is 2. The second kappa shape index (κ2) is 11.8. The lowest BCUT2D eigenvalue weighted by Gasteiger charge is -2.21. The normalized spacial score (nSPS) is 17.2. The maximum atomic E-state index is 12.8. The average molecular weight is 360 g/mol. The number of hydrogen-bond acceptors (Lipinski definition) is 7. The SMILES string of the molecule is CCCN(OCC)C(=O)C1=CC(=NCC#CCNC)/C(=C\N)N=C(N)C1. The Balaban J connectivity index is 3.16. The van der Waals surface area contributed by atoms with Gasteiger partial charge in [0.1, 0.15) is 18.1 Å². The number of nitrogens with one attached hydrogen (secondary N) is 1. The summed E-state index contributed by atoms with van der Waals surface area (Å²) >= 11 is 0. The molecule has 5 N–H and O–H groups in total. The van der Waals surface area contributed by atoms with Gasteiger partial charge in [0.05, 0.1) is 18.9 Å². The maximum absolute atomic E-state index is 12.8. The molecule has 8 nitrogen and oxygen atoms in total. The van der Waals surface area contributed by atoms with E-state index in [-0.39, 0.29) is 18.9 Å². The summed E-state index contributed by atoms with van der Waals surface area (Å²) in [6.07, 6.45) is 3.96. The van der Waals surface area contributed by atoms with Crippen LogP contribution in [-0.4, -0.2) is 55.8 Å². The Bertz CT molecular complexity index is 661. The first kappa shape index (κ1) is 21.4. The number of rotatable bonds is 7. The molecule has 0 aromatic heterocycles. The van der Waals surface area contributed by atoms with Gasteiger partial charge in [-0.05, 0) is 26.5 Å². The zero-order chi connectivity index (χ0) is 19.4. The molecule has 1 amide bonds. The van der Waals surface area contributed by atoms with Crippen molar-refractivity contribution in [2.75, 3.05) is 33.3 Å². The van der Waals surface area contributed by atoms with Crippen LogP contribution in [0.3, 0.4) is 0 Å². The zero-order valence-corrected chi connectivity index (χ0v) is 15.7. The Morgan fingerprint density at radius 3 is 2.88 bits per heavy atom. The molecule has 0 saturated heterocycles. The van der Waals surface area contributed by atoms with Gasteiger partial charge in [-0.3, -0.25) is 14.6 Å². The fraction of sp³-hybridized carbons (Fsp3) is 0.500. The Hall–Kier alpha value is -2.63. The molecule has 0 aromatic carbocycles. The van der Waals surface area contributed by atoms with Crippen LogP contribution in [0.4, 0.5) is 0 Å². The highest BCUT2D eigenvalue weighted by Crippen LogP contribution is 2.16. The van der Waals surface area contributed by atoms with E-state index in [4.69, 9.17) is 16.3 Å². The van der Waals surface area contributed by atoms with Crippen LogP contribution in [0.5, 0.6) is 0 Å². The van der Waals surface area contributed by atoms with Crippen molar-refractivity contribution in [2.45, 2.75) is 26.7 Å². The lowest BCUT2D eigenvalue weighted by atomic mass is 10.1. The number of hydrogen-bond donors (Lipinski definition) is 3. The van der Waals surface area contributed by atoms with Gasteiger partial charge < -0.3 is 16.8 Å². The molecule has 0 radical (unpaired) electrons. The number of carbonyl (C=O) groups is 1. The number of carbonyl (C=O) groups excluding carboxylic acids is 1. The largest absolute Gasteiger partial charge is 0.403 e. The summed E-state index contributed by atoms with van der Waals surface area (Å²) in [4.78, 5) is 26.9. The molecule has 0 aliphatic carbocycles. The van der Waals surface area contributed by atoms with E-state index in [0.29, 0.717) is 42.5 Å². The van der Waals surface area contributed by atoms with Crippen molar-refractivity contribution < 1.29 is 9.63 Å². The van der Waals surface area contributed by atoms with E-state index in [1.54, 1.807) is 6.08 Å². The molecule has 142 valence electrons. The molecular weight excluding hydrogens is 332 g/mol. The molecule has 1 aliphatic rings. The van der Waals surface area contributed by atoms with Crippen molar-refractivity contribution in [2.24, 2.45) is 21.5 Å². The fourth-order valence-corrected chi connectivity index (χ4v) is 2.20. The van der Waals surface area contributed by atoms with E-state index in [0.717, 1.165) is 6.42 Å². The van der Waals surface area contributed by atoms with Crippen LogP contribution in [0, 0.1) is 11.8 Å². The lowest BCUT2D eigenvalue weighted by molar-refractivity contribution is -0.180. The van der Waals surface area contributed by atoms with Crippen molar-refractivity contribution in [1.29, 1.82) is 0 Å². The van der Waals surface area contributed by atoms with Gasteiger partial charge in [0.25, 0.3) is 5.91 Å². The molecule has 0 unspecified atom stereocenters. The molecule has 0 spiro atoms. The highest BCUT2D eigenvalue weighted by molar-refractivity contribution is 6.16. The number of amidine groups is 1. The quantitative estimate of drug-likeness (QED) is 0.446. The number of hydroxylamine groups is 2. The van der Waals surface area contributed by atoms with Gasteiger partial charge >= 0.3 is 0 Å². The summed E-state index contributed by atoms with van der Waals surface area (Å²) in [5, 5.41) is 4.28. The number of allylic oxidation sites excluding steroid dienone is 1. The molecule has 0 bridgehead atoms. The van der Waals surface area contributed by atoms with Gasteiger partial charge in [0.2, 0.25) is 0 Å². The highest BCUT2D eigenvalue weighted by atomic mass is 16.7. The third-order valence-corrected chi connectivity index (χ3v) is 3.30. The monoisotopic (exact) mass is 360 g/mol. The van der Waals surface area contributed by atoms with E-state index < -0.39 is 0 Å². The van der Waals surface area contributed by atoms with E-state index in [2.05, 4.69) is 27.1 Å². The first-order valence-electron chi connectivity index (χ1n) is 8.62. The molecule has 0 aromatic rings. The summed E-state index contributed by atoms with van der Waals surface area (Å²) in [5.74, 6) is 5.88. The second-order valence-corrected chi connectivity index (χ2v) is 5.41. The minimum absolute atomic E-state index is 0.202. The second-order valence-electron chi connectivity index (χ2n) is 5.41. The van der Waals surface area contributed by atoms with Crippen LogP contribution >= 0.6 is 0 Å². The minimum Gasteiger partial charge on any atom is -0.403 e. The Morgan fingerprint density at radius 1 is 1.50 bits per heavy atom. The Kier molecular flexibility index (Phi) is 9.75. The molecule has 1 rings (SSSR count). The summed E-state index contributed by atoms with van der Waals surface area (Å²) in [6, 6.07) is 0. The van der Waals surface area contributed by atoms with Gasteiger partial charge in [-0.15, -0.1) is 0 Å². The summed E-state index contributed by atoms with van der Waals surface area (Å²) < 4.78 is 0. The van der Waals surface area contributed by atoms with E-state index in [1.807, 2.05) is 20.9 Å². The molecule has 1 heterocycles. The first-order valence-corrected chi connectivity index (χ1v) is 8.62. The Labute approximate surface area is 155 Å². The van der Waals surface area contributed by atoms with E-state index in [9.17, 15) is 4.79 Å². The Morgan fingerprint density at radius 2 is 2.27 bits per heavy atom. The van der Waals surface area contributed by atoms with Gasteiger partial charge in [0, 0.05) is 24.7 Å². The van der Waals surface area contributed by atoms with Crippen molar-refractivity contribution in [3.8, 4) is 11.8 Å². The first-order chi connectivity index (χ1) is 12.6. The van der Waals surface area contributed by atoms with Crippen LogP contribution in [0.1, 0.15) is 26.7 Å². The van der Waals surface area contributed by atoms with Crippen molar-refractivity contribution >= 4 is 17.5 Å². The van der Waals surface area contributed by atoms with Gasteiger partial charge in [-0.2, -0.15) is 0 Å². The number of nitrogens with two attached hydrogens (primary N) is 2. The predicted octanol–water partition coefficient (Wildman–Crippen LogP) is 0.328. The molecule has 26 heavy (non-hydrogen) atoms. The third kappa shape index (κ3) is 6.70. The van der Waals surface area contributed by atoms with Crippen LogP contribution in [0.2, 0.25) is 0 Å². The topological polar surface area (TPSA) is 118 Å². The summed E-state index contributed by atoms with van der Waals surface area (Å²) in [5.41, 5.74) is 12.9. The van der Waals surface area contributed by atoms with Crippen molar-refractivity contribution in [3.05, 3.63) is 23.5 Å². The van der Waals surface area contributed by atoms with E-state index in [1.165, 1.54) is 11.3 Å². The molecular formula is C18H28N6O2. The zero-order valence-electron chi connectivity index (χ0n) is 15.7. The summed E-state index contributed by atoms with van der Waals surface area (Å²) in [7, 11) is 1.82. The summed E-state index contributed by atoms with van der Waals surface area (Å²) in [6.45, 7) is 5.55. The smallest absolute Gasteiger partial charge is 0.273 e. The molecule has 0 fully saturated rings. The number of nitrogens with zero attached hydrogens (tertiary/aromatic N) is 3. The third-order valence-electron chi connectivity index (χ3n) is 3.30. The molecule has 0 atom stereocenters. The van der Waals surface area contributed by atoms with Crippen LogP contribution < -0.4 is 16.8 Å². The standard InChI is InChI=1S/C18H28N6O2/c1-4-10-24(26-5-2)18(25)14-11-15(22-9-7-6-8-21-3)16(13-19)23-17(20)12-14/h11,13,21H,4-5,8-10,12,19H2,1-3H3,(H2,20,23)/b16-13+,22-15?. The average Bonchev–Trinajstić information content (AvgIpc) is 2.79. The molecule has 8 heteroatoms. The number of amides is 1. The van der Waals surface area contributed by atoms with Crippen LogP contribution in [0.25, 0.3) is 0 Å². The van der Waals surface area contributed by atoms with Crippen LogP contribution in [-0.2, 0) is 9.63 Å². The van der Waals surface area contributed by atoms with Crippen LogP contribution in [0.15, 0.2) is 33.5 Å². The van der Waals surface area contributed by atoms with Crippen molar-refractivity contribution in [3.63, 3.8) is 0 Å². The fourth-order valence-electron chi connectivity index (χ4n) is 2.20. The van der Waals surface area contributed by atoms with Gasteiger partial charge in [-0.25, -0.2) is 10.1 Å². The molecule has 1 aliphatic heterocycles. The van der Waals surface area contributed by atoms with Crippen molar-refractivity contribution in [1.82, 2.24) is 10.4 Å². The lowest BCUT2D eigenvalue weighted by Crippen LogP contribution is -2.34. The highest BCUT2D eigenvalue weighted by Gasteiger charge is 2.23.